The quantitative estimate of drug-likeness (QED) is 0.375. The van der Waals surface area contributed by atoms with Gasteiger partial charge in [-0.3, -0.25) is 0 Å². The highest BCUT2D eigenvalue weighted by atomic mass is 16.5. The Hall–Kier alpha value is -0.980. The third-order valence-corrected chi connectivity index (χ3v) is 0.961. The van der Waals surface area contributed by atoms with Crippen molar-refractivity contribution in [3.63, 3.8) is 0 Å². The van der Waals surface area contributed by atoms with E-state index in [0.717, 1.165) is 0 Å². The van der Waals surface area contributed by atoms with E-state index in [1.165, 1.54) is 0 Å². The number of aryl methyl sites for hydroxylation is 1. The maximum atomic E-state index is 8.30. The van der Waals surface area contributed by atoms with Gasteiger partial charge >= 0.3 is 0 Å². The van der Waals surface area contributed by atoms with Crippen molar-refractivity contribution in [2.24, 2.45) is 5.73 Å². The van der Waals surface area contributed by atoms with Gasteiger partial charge in [0.15, 0.2) is 0 Å². The molecule has 6 heteroatoms. The number of nitrogens with two attached hydrogens (primary N) is 1. The Labute approximate surface area is 57.0 Å². The first kappa shape index (κ1) is 7.13. The van der Waals surface area contributed by atoms with Gasteiger partial charge in [-0.1, -0.05) is 5.16 Å². The molecule has 1 heterocycles. The lowest BCUT2D eigenvalue weighted by Crippen LogP contribution is -2.26. The van der Waals surface area contributed by atoms with Crippen LogP contribution in [0.5, 0.6) is 0 Å². The van der Waals surface area contributed by atoms with Crippen molar-refractivity contribution in [2.75, 3.05) is 0 Å². The van der Waals surface area contributed by atoms with Crippen LogP contribution in [0.1, 0.15) is 17.9 Å². The van der Waals surface area contributed by atoms with E-state index >= 15 is 0 Å². The first-order valence-electron chi connectivity index (χ1n) is 2.69. The fraction of sp³-hybridized carbons (Fsp3) is 0.500. The zero-order valence-electron chi connectivity index (χ0n) is 5.40. The third-order valence-electron chi connectivity index (χ3n) is 0.961. The maximum absolute atomic E-state index is 8.30. The number of hydrogen-bond donors (Lipinski definition) is 3. The minimum atomic E-state index is -0.780. The Morgan fingerprint density at radius 2 is 2.50 bits per heavy atom. The van der Waals surface area contributed by atoms with Crippen LogP contribution in [0.2, 0.25) is 0 Å². The average molecular weight is 144 g/mol. The number of nitrogens with one attached hydrogen (secondary N) is 1. The minimum Gasteiger partial charge on any atom is -0.340 e. The monoisotopic (exact) mass is 144 g/mol. The van der Waals surface area contributed by atoms with Crippen molar-refractivity contribution in [2.45, 2.75) is 13.1 Å². The van der Waals surface area contributed by atoms with Gasteiger partial charge < -0.3 is 15.5 Å². The van der Waals surface area contributed by atoms with Crippen molar-refractivity contribution in [1.82, 2.24) is 15.6 Å². The van der Waals surface area contributed by atoms with Crippen LogP contribution in [0.4, 0.5) is 0 Å². The lowest BCUT2D eigenvalue weighted by atomic mass is 10.5. The molecule has 0 aliphatic rings. The predicted molar refractivity (Wildman–Crippen MR) is 30.9 cm³/mol. The standard InChI is InChI=1S/C4H8N4O2/c1-2-6-4(8-10-2)3(5)7-9/h3,7,9H,5H2,1H3. The molecular formula is C4H8N4O2. The maximum Gasteiger partial charge on any atom is 0.223 e. The highest BCUT2D eigenvalue weighted by Crippen LogP contribution is 2.00. The molecule has 1 atom stereocenters. The number of aromatic nitrogens is 2. The van der Waals surface area contributed by atoms with Gasteiger partial charge in [-0.15, -0.1) is 0 Å². The molecule has 0 aliphatic heterocycles. The first-order chi connectivity index (χ1) is 4.74. The zero-order chi connectivity index (χ0) is 7.56. The van der Waals surface area contributed by atoms with E-state index in [1.54, 1.807) is 12.4 Å². The summed E-state index contributed by atoms with van der Waals surface area (Å²) in [4.78, 5) is 3.76. The molecule has 6 nitrogen and oxygen atoms in total. The van der Waals surface area contributed by atoms with Crippen molar-refractivity contribution in [3.05, 3.63) is 11.7 Å². The van der Waals surface area contributed by atoms with E-state index in [9.17, 15) is 0 Å². The van der Waals surface area contributed by atoms with Crippen molar-refractivity contribution >= 4 is 0 Å². The summed E-state index contributed by atoms with van der Waals surface area (Å²) in [6.07, 6.45) is -0.780. The fourth-order valence-electron chi connectivity index (χ4n) is 0.499. The number of hydroxylamine groups is 1. The number of nitrogens with zero attached hydrogens (tertiary/aromatic N) is 2. The lowest BCUT2D eigenvalue weighted by Gasteiger charge is -2.00. The Bertz CT molecular complexity index is 211. The molecule has 0 amide bonds. The Balaban J connectivity index is 2.74. The van der Waals surface area contributed by atoms with E-state index in [2.05, 4.69) is 14.7 Å². The number of rotatable bonds is 2. The van der Waals surface area contributed by atoms with Crippen LogP contribution in [0.3, 0.4) is 0 Å². The molecule has 10 heavy (non-hydrogen) atoms. The molecular weight excluding hydrogens is 136 g/mol. The molecule has 0 spiro atoms. The smallest absolute Gasteiger partial charge is 0.223 e. The molecule has 1 unspecified atom stereocenters. The van der Waals surface area contributed by atoms with Gasteiger partial charge in [0, 0.05) is 6.92 Å². The van der Waals surface area contributed by atoms with Gasteiger partial charge in [0.25, 0.3) is 0 Å². The summed E-state index contributed by atoms with van der Waals surface area (Å²) in [5.74, 6) is 0.653. The molecule has 56 valence electrons. The van der Waals surface area contributed by atoms with Crippen LogP contribution < -0.4 is 11.2 Å². The summed E-state index contributed by atoms with van der Waals surface area (Å²) in [6, 6.07) is 0. The van der Waals surface area contributed by atoms with Crippen LogP contribution in [0.25, 0.3) is 0 Å². The second kappa shape index (κ2) is 2.74. The molecule has 0 radical (unpaired) electrons. The summed E-state index contributed by atoms with van der Waals surface area (Å²) < 4.78 is 4.60. The van der Waals surface area contributed by atoms with E-state index in [1.807, 2.05) is 0 Å². The average Bonchev–Trinajstić information content (AvgIpc) is 2.34. The first-order valence-corrected chi connectivity index (χ1v) is 2.69. The molecule has 0 aromatic carbocycles. The Morgan fingerprint density at radius 1 is 1.80 bits per heavy atom. The van der Waals surface area contributed by atoms with Crippen LogP contribution in [0, 0.1) is 6.92 Å². The third kappa shape index (κ3) is 1.29. The van der Waals surface area contributed by atoms with E-state index in [4.69, 9.17) is 10.9 Å². The summed E-state index contributed by atoms with van der Waals surface area (Å²) in [5.41, 5.74) is 7.05. The van der Waals surface area contributed by atoms with Gasteiger partial charge in [-0.05, 0) is 0 Å². The summed E-state index contributed by atoms with van der Waals surface area (Å²) in [6.45, 7) is 1.64. The van der Waals surface area contributed by atoms with Gasteiger partial charge in [-0.25, -0.2) is 0 Å². The molecule has 1 rings (SSSR count). The Kier molecular flexibility index (Phi) is 1.95. The molecule has 0 aliphatic carbocycles. The van der Waals surface area contributed by atoms with Crippen LogP contribution >= 0.6 is 0 Å². The van der Waals surface area contributed by atoms with Gasteiger partial charge in [0.1, 0.15) is 6.17 Å². The van der Waals surface area contributed by atoms with Gasteiger partial charge in [0.05, 0.1) is 0 Å². The SMILES string of the molecule is Cc1nc(C(N)NO)no1. The molecule has 0 saturated carbocycles. The van der Waals surface area contributed by atoms with Crippen LogP contribution in [-0.4, -0.2) is 15.3 Å². The lowest BCUT2D eigenvalue weighted by molar-refractivity contribution is 0.123. The highest BCUT2D eigenvalue weighted by Gasteiger charge is 2.09. The highest BCUT2D eigenvalue weighted by molar-refractivity contribution is 4.88. The van der Waals surface area contributed by atoms with Gasteiger partial charge in [-0.2, -0.15) is 10.5 Å². The summed E-state index contributed by atoms with van der Waals surface area (Å²) >= 11 is 0. The predicted octanol–water partition coefficient (Wildman–Crippen LogP) is -0.686. The molecule has 0 fully saturated rings. The summed E-state index contributed by atoms with van der Waals surface area (Å²) in [7, 11) is 0. The topological polar surface area (TPSA) is 97.2 Å². The zero-order valence-corrected chi connectivity index (χ0v) is 5.40. The molecule has 1 aromatic rings. The normalized spacial score (nSPS) is 13.5. The van der Waals surface area contributed by atoms with Crippen molar-refractivity contribution in [3.8, 4) is 0 Å². The minimum absolute atomic E-state index is 0.236. The van der Waals surface area contributed by atoms with Crippen molar-refractivity contribution < 1.29 is 9.73 Å². The molecule has 4 N–H and O–H groups in total. The fourth-order valence-corrected chi connectivity index (χ4v) is 0.499. The molecule has 0 saturated heterocycles. The van der Waals surface area contributed by atoms with Gasteiger partial charge in [0.2, 0.25) is 11.7 Å². The second-order valence-corrected chi connectivity index (χ2v) is 1.78. The van der Waals surface area contributed by atoms with E-state index in [0.29, 0.717) is 5.89 Å². The molecule has 0 bridgehead atoms. The largest absolute Gasteiger partial charge is 0.340 e. The van der Waals surface area contributed by atoms with Crippen LogP contribution in [-0.2, 0) is 0 Å². The number of hydrogen-bond acceptors (Lipinski definition) is 6. The van der Waals surface area contributed by atoms with Crippen LogP contribution in [0.15, 0.2) is 4.52 Å². The Morgan fingerprint density at radius 3 is 2.90 bits per heavy atom. The van der Waals surface area contributed by atoms with E-state index < -0.39 is 6.17 Å². The second-order valence-electron chi connectivity index (χ2n) is 1.78. The molecule has 1 aromatic heterocycles. The van der Waals surface area contributed by atoms with Crippen molar-refractivity contribution in [1.29, 1.82) is 0 Å². The van der Waals surface area contributed by atoms with E-state index in [-0.39, 0.29) is 5.82 Å². The summed E-state index contributed by atoms with van der Waals surface area (Å²) in [5, 5.41) is 11.8.